The van der Waals surface area contributed by atoms with Gasteiger partial charge < -0.3 is 9.80 Å². The van der Waals surface area contributed by atoms with Crippen molar-refractivity contribution in [3.63, 3.8) is 0 Å². The van der Waals surface area contributed by atoms with Crippen LogP contribution in [0.4, 0.5) is 8.78 Å². The number of likely N-dealkylation sites (tertiary alicyclic amines) is 3. The van der Waals surface area contributed by atoms with Gasteiger partial charge in [0, 0.05) is 37.2 Å². The zero-order valence-corrected chi connectivity index (χ0v) is 17.7. The van der Waals surface area contributed by atoms with E-state index in [-0.39, 0.29) is 41.9 Å². The minimum Gasteiger partial charge on any atom is -0.330 e. The molecule has 7 atom stereocenters. The van der Waals surface area contributed by atoms with Crippen LogP contribution in [-0.4, -0.2) is 63.8 Å². The highest BCUT2D eigenvalue weighted by Crippen LogP contribution is 2.48. The summed E-state index contributed by atoms with van der Waals surface area (Å²) in [6.07, 6.45) is 2.44. The molecule has 1 aliphatic carbocycles. The first kappa shape index (κ1) is 20.4. The number of fused-ring (bicyclic) bond motifs is 3. The van der Waals surface area contributed by atoms with Crippen LogP contribution in [0.15, 0.2) is 18.2 Å². The highest BCUT2D eigenvalue weighted by molar-refractivity contribution is 5.86. The molecule has 2 bridgehead atoms. The predicted octanol–water partition coefficient (Wildman–Crippen LogP) is 2.46. The van der Waals surface area contributed by atoms with Crippen LogP contribution in [0.2, 0.25) is 0 Å². The molecule has 0 spiro atoms. The van der Waals surface area contributed by atoms with Gasteiger partial charge in [-0.25, -0.2) is 8.78 Å². The average Bonchev–Trinajstić information content (AvgIpc) is 3.05. The number of carbonyl (C=O) groups is 2. The SMILES string of the molecule is C[C@@H](CN1CC2C[C@@H]1C(=O)N2[C@@H](C)c1cc(F)cc(F)c1)C(=O)N1C2C[C@H]2C[C@H]1C#N. The standard InChI is InChI=1S/C23H26F2N4O2/c1-12(22(30)29-18(9-26)5-15-6-20(15)29)10-27-11-19-8-21(27)23(31)28(19)13(2)14-3-16(24)7-17(25)4-14/h3-4,7,12-13,15,18-21H,5-6,8,10-11H2,1-2H3/t12-,13-,15+,18-,19?,20?,21+/m0/s1. The third-order valence-electron chi connectivity index (χ3n) is 7.54. The molecule has 0 aromatic heterocycles. The summed E-state index contributed by atoms with van der Waals surface area (Å²) in [5, 5.41) is 9.37. The number of carbonyl (C=O) groups excluding carboxylic acids is 2. The normalized spacial score (nSPS) is 33.4. The van der Waals surface area contributed by atoms with Gasteiger partial charge >= 0.3 is 0 Å². The van der Waals surface area contributed by atoms with Gasteiger partial charge in [0.2, 0.25) is 11.8 Å². The molecule has 1 aromatic carbocycles. The van der Waals surface area contributed by atoms with E-state index >= 15 is 0 Å². The van der Waals surface area contributed by atoms with Crippen molar-refractivity contribution in [2.45, 2.75) is 63.3 Å². The maximum absolute atomic E-state index is 13.6. The van der Waals surface area contributed by atoms with Gasteiger partial charge in [0.25, 0.3) is 0 Å². The summed E-state index contributed by atoms with van der Waals surface area (Å²) in [5.41, 5.74) is 0.448. The highest BCUT2D eigenvalue weighted by atomic mass is 19.1. The molecule has 0 N–H and O–H groups in total. The second kappa shape index (κ2) is 7.27. The van der Waals surface area contributed by atoms with Gasteiger partial charge in [-0.15, -0.1) is 0 Å². The number of piperazine rings is 1. The molecule has 3 aliphatic heterocycles. The van der Waals surface area contributed by atoms with Gasteiger partial charge in [-0.3, -0.25) is 14.5 Å². The second-order valence-electron chi connectivity index (χ2n) is 9.57. The molecule has 1 saturated carbocycles. The Labute approximate surface area is 180 Å². The molecule has 3 saturated heterocycles. The molecule has 164 valence electrons. The Morgan fingerprint density at radius 1 is 1.19 bits per heavy atom. The fraction of sp³-hybridized carbons (Fsp3) is 0.609. The molecule has 5 rings (SSSR count). The van der Waals surface area contributed by atoms with E-state index in [0.717, 1.165) is 18.9 Å². The minimum atomic E-state index is -0.650. The summed E-state index contributed by atoms with van der Waals surface area (Å²) >= 11 is 0. The third-order valence-corrected chi connectivity index (χ3v) is 7.54. The first-order valence-corrected chi connectivity index (χ1v) is 11.0. The molecule has 31 heavy (non-hydrogen) atoms. The number of rotatable bonds is 5. The lowest BCUT2D eigenvalue weighted by molar-refractivity contribution is -0.142. The van der Waals surface area contributed by atoms with Crippen LogP contribution in [0.1, 0.15) is 44.7 Å². The fourth-order valence-corrected chi connectivity index (χ4v) is 5.95. The Morgan fingerprint density at radius 2 is 1.90 bits per heavy atom. The van der Waals surface area contributed by atoms with E-state index in [1.54, 1.807) is 16.7 Å². The van der Waals surface area contributed by atoms with Gasteiger partial charge in [0.1, 0.15) is 17.7 Å². The summed E-state index contributed by atoms with van der Waals surface area (Å²) in [5.74, 6) is -1.15. The molecule has 4 fully saturated rings. The van der Waals surface area contributed by atoms with Crippen LogP contribution >= 0.6 is 0 Å². The minimum absolute atomic E-state index is 0.00670. The Kier molecular flexibility index (Phi) is 4.78. The monoisotopic (exact) mass is 428 g/mol. The molecule has 3 heterocycles. The molecular formula is C23H26F2N4O2. The van der Waals surface area contributed by atoms with Gasteiger partial charge in [-0.1, -0.05) is 6.92 Å². The number of halogens is 2. The molecule has 0 radical (unpaired) electrons. The zero-order valence-electron chi connectivity index (χ0n) is 17.7. The quantitative estimate of drug-likeness (QED) is 0.723. The third kappa shape index (κ3) is 3.30. The van der Waals surface area contributed by atoms with Crippen LogP contribution < -0.4 is 0 Å². The smallest absolute Gasteiger partial charge is 0.240 e. The summed E-state index contributed by atoms with van der Waals surface area (Å²) in [7, 11) is 0. The van der Waals surface area contributed by atoms with Gasteiger partial charge in [0.15, 0.2) is 0 Å². The van der Waals surface area contributed by atoms with Crippen LogP contribution in [0, 0.1) is 34.8 Å². The van der Waals surface area contributed by atoms with Crippen molar-refractivity contribution >= 4 is 11.8 Å². The number of nitrogens with zero attached hydrogens (tertiary/aromatic N) is 4. The van der Waals surface area contributed by atoms with Crippen molar-refractivity contribution in [2.75, 3.05) is 13.1 Å². The molecule has 4 aliphatic rings. The number of nitriles is 1. The first-order valence-electron chi connectivity index (χ1n) is 11.0. The van der Waals surface area contributed by atoms with Crippen molar-refractivity contribution in [1.82, 2.24) is 14.7 Å². The number of piperidine rings is 1. The zero-order chi connectivity index (χ0) is 22.0. The first-order chi connectivity index (χ1) is 14.8. The fourth-order valence-electron chi connectivity index (χ4n) is 5.95. The topological polar surface area (TPSA) is 67.7 Å². The van der Waals surface area contributed by atoms with Crippen LogP contribution in [0.25, 0.3) is 0 Å². The largest absolute Gasteiger partial charge is 0.330 e. The molecule has 6 nitrogen and oxygen atoms in total. The number of benzene rings is 1. The van der Waals surface area contributed by atoms with Crippen LogP contribution in [0.3, 0.4) is 0 Å². The van der Waals surface area contributed by atoms with Crippen molar-refractivity contribution in [2.24, 2.45) is 11.8 Å². The van der Waals surface area contributed by atoms with E-state index < -0.39 is 17.7 Å². The summed E-state index contributed by atoms with van der Waals surface area (Å²) in [4.78, 5) is 31.7. The lowest BCUT2D eigenvalue weighted by atomic mass is 10.0. The summed E-state index contributed by atoms with van der Waals surface area (Å²) in [6, 6.07) is 4.78. The summed E-state index contributed by atoms with van der Waals surface area (Å²) < 4.78 is 27.3. The Balaban J connectivity index is 1.24. The second-order valence-corrected chi connectivity index (χ2v) is 9.57. The Morgan fingerprint density at radius 3 is 2.55 bits per heavy atom. The van der Waals surface area contributed by atoms with Crippen molar-refractivity contribution in [1.29, 1.82) is 5.26 Å². The maximum Gasteiger partial charge on any atom is 0.240 e. The van der Waals surface area contributed by atoms with Gasteiger partial charge in [-0.2, -0.15) is 5.26 Å². The van der Waals surface area contributed by atoms with Crippen LogP contribution in [0.5, 0.6) is 0 Å². The van der Waals surface area contributed by atoms with Gasteiger partial charge in [-0.05, 0) is 49.8 Å². The lowest BCUT2D eigenvalue weighted by Crippen LogP contribution is -2.53. The van der Waals surface area contributed by atoms with Gasteiger partial charge in [0.05, 0.1) is 18.2 Å². The number of hydrogen-bond acceptors (Lipinski definition) is 4. The van der Waals surface area contributed by atoms with Crippen molar-refractivity contribution < 1.29 is 18.4 Å². The number of hydrogen-bond donors (Lipinski definition) is 0. The summed E-state index contributed by atoms with van der Waals surface area (Å²) in [6.45, 7) is 4.79. The van der Waals surface area contributed by atoms with E-state index in [0.29, 0.717) is 31.0 Å². The Hall–Kier alpha value is -2.53. The average molecular weight is 428 g/mol. The lowest BCUT2D eigenvalue weighted by Gasteiger charge is -2.38. The van der Waals surface area contributed by atoms with Crippen LogP contribution in [-0.2, 0) is 9.59 Å². The molecule has 1 aromatic rings. The highest BCUT2D eigenvalue weighted by Gasteiger charge is 2.55. The molecular weight excluding hydrogens is 402 g/mol. The molecule has 2 amide bonds. The Bertz CT molecular complexity index is 959. The van der Waals surface area contributed by atoms with Crippen molar-refractivity contribution in [3.8, 4) is 6.07 Å². The van der Waals surface area contributed by atoms with E-state index in [4.69, 9.17) is 0 Å². The van der Waals surface area contributed by atoms with E-state index in [1.807, 2.05) is 6.92 Å². The van der Waals surface area contributed by atoms with E-state index in [1.165, 1.54) is 12.1 Å². The molecule has 2 unspecified atom stereocenters. The molecule has 8 heteroatoms. The number of amides is 2. The predicted molar refractivity (Wildman–Crippen MR) is 107 cm³/mol. The van der Waals surface area contributed by atoms with E-state index in [2.05, 4.69) is 11.0 Å². The van der Waals surface area contributed by atoms with Crippen molar-refractivity contribution in [3.05, 3.63) is 35.4 Å². The maximum atomic E-state index is 13.6. The van der Waals surface area contributed by atoms with E-state index in [9.17, 15) is 23.6 Å².